The van der Waals surface area contributed by atoms with Crippen LogP contribution in [0.4, 0.5) is 5.95 Å². The molecule has 2 fully saturated rings. The molecule has 222 valence electrons. The van der Waals surface area contributed by atoms with Crippen molar-refractivity contribution in [1.29, 1.82) is 0 Å². The second kappa shape index (κ2) is 12.5. The van der Waals surface area contributed by atoms with Crippen LogP contribution >= 0.6 is 0 Å². The van der Waals surface area contributed by atoms with Gasteiger partial charge in [0.15, 0.2) is 5.65 Å². The lowest BCUT2D eigenvalue weighted by Gasteiger charge is -2.32. The van der Waals surface area contributed by atoms with E-state index in [-0.39, 0.29) is 6.10 Å². The highest BCUT2D eigenvalue weighted by Gasteiger charge is 2.24. The molecule has 2 aliphatic heterocycles. The molecule has 0 N–H and O–H groups in total. The Labute approximate surface area is 256 Å². The second-order valence-corrected chi connectivity index (χ2v) is 11.4. The van der Waals surface area contributed by atoms with E-state index in [4.69, 9.17) is 26.1 Å². The van der Waals surface area contributed by atoms with Gasteiger partial charge in [-0.1, -0.05) is 47.5 Å². The number of anilines is 1. The average molecular weight is 587 g/mol. The van der Waals surface area contributed by atoms with Gasteiger partial charge >= 0.3 is 0 Å². The summed E-state index contributed by atoms with van der Waals surface area (Å²) >= 11 is 0. The lowest BCUT2D eigenvalue weighted by Crippen LogP contribution is -2.45. The highest BCUT2D eigenvalue weighted by molar-refractivity contribution is 5.70. The molecule has 0 bridgehead atoms. The molecule has 0 amide bonds. The molecule has 2 saturated heterocycles. The summed E-state index contributed by atoms with van der Waals surface area (Å²) in [6, 6.07) is 16.4. The number of likely N-dealkylation sites (N-methyl/N-ethyl adjacent to an activating group) is 1. The maximum Gasteiger partial charge on any atom is 0.225 e. The van der Waals surface area contributed by atoms with Crippen LogP contribution in [-0.2, 0) is 17.8 Å². The van der Waals surface area contributed by atoms with Crippen molar-refractivity contribution in [3.8, 4) is 34.7 Å². The van der Waals surface area contributed by atoms with Crippen molar-refractivity contribution >= 4 is 17.2 Å². The molecule has 5 heterocycles. The maximum atomic E-state index is 6.10. The van der Waals surface area contributed by atoms with E-state index in [2.05, 4.69) is 67.2 Å². The van der Waals surface area contributed by atoms with Gasteiger partial charge in [0.25, 0.3) is 0 Å². The largest absolute Gasteiger partial charge is 0.373 e. The minimum Gasteiger partial charge on any atom is -0.373 e. The minimum atomic E-state index is -0.139. The predicted octanol–water partition coefficient (Wildman–Crippen LogP) is 2.98. The Hall–Kier alpha value is -4.76. The zero-order chi connectivity index (χ0) is 29.9. The van der Waals surface area contributed by atoms with Crippen LogP contribution in [0.25, 0.3) is 33.7 Å². The Morgan fingerprint density at radius 1 is 0.909 bits per heavy atom. The maximum absolute atomic E-state index is 6.10. The lowest BCUT2D eigenvalue weighted by molar-refractivity contribution is 0.0273. The van der Waals surface area contributed by atoms with E-state index in [1.54, 1.807) is 10.9 Å². The fourth-order valence-corrected chi connectivity index (χ4v) is 5.69. The van der Waals surface area contributed by atoms with E-state index < -0.39 is 0 Å². The smallest absolute Gasteiger partial charge is 0.225 e. The highest BCUT2D eigenvalue weighted by atomic mass is 16.5. The highest BCUT2D eigenvalue weighted by Crippen LogP contribution is 2.23. The van der Waals surface area contributed by atoms with Gasteiger partial charge in [-0.25, -0.2) is 24.6 Å². The molecule has 1 atom stereocenters. The van der Waals surface area contributed by atoms with E-state index in [9.17, 15) is 0 Å². The van der Waals surface area contributed by atoms with Gasteiger partial charge in [0.1, 0.15) is 0 Å². The number of nitrogens with zero attached hydrogens (tertiary/aromatic N) is 10. The van der Waals surface area contributed by atoms with Crippen molar-refractivity contribution < 1.29 is 4.74 Å². The number of morpholine rings is 1. The summed E-state index contributed by atoms with van der Waals surface area (Å²) in [7, 11) is 2.19. The molecule has 0 saturated carbocycles. The fraction of sp³-hybridized carbons (Fsp3) is 0.333. The van der Waals surface area contributed by atoms with E-state index in [0.29, 0.717) is 49.2 Å². The van der Waals surface area contributed by atoms with Gasteiger partial charge in [0.05, 0.1) is 31.1 Å². The Kier molecular flexibility index (Phi) is 7.94. The summed E-state index contributed by atoms with van der Waals surface area (Å²) in [4.78, 5) is 25.8. The van der Waals surface area contributed by atoms with Crippen molar-refractivity contribution in [2.24, 2.45) is 0 Å². The molecule has 11 nitrogen and oxygen atoms in total. The molecule has 44 heavy (non-hydrogen) atoms. The van der Waals surface area contributed by atoms with Crippen LogP contribution in [0.3, 0.4) is 0 Å². The van der Waals surface area contributed by atoms with Gasteiger partial charge in [-0.05, 0) is 30.3 Å². The lowest BCUT2D eigenvalue weighted by atomic mass is 10.1. The summed E-state index contributed by atoms with van der Waals surface area (Å²) in [6.07, 6.45) is 10.9. The molecule has 7 rings (SSSR count). The van der Waals surface area contributed by atoms with Crippen LogP contribution < -0.4 is 4.90 Å². The van der Waals surface area contributed by atoms with Crippen molar-refractivity contribution in [2.45, 2.75) is 19.2 Å². The van der Waals surface area contributed by atoms with Crippen LogP contribution in [0, 0.1) is 12.3 Å². The van der Waals surface area contributed by atoms with Gasteiger partial charge in [-0.15, -0.1) is 11.5 Å². The van der Waals surface area contributed by atoms with Crippen molar-refractivity contribution in [3.05, 3.63) is 78.2 Å². The molecular weight excluding hydrogens is 552 g/mol. The molecule has 0 aliphatic carbocycles. The van der Waals surface area contributed by atoms with E-state index in [1.165, 1.54) is 5.56 Å². The number of rotatable bonds is 7. The first kappa shape index (κ1) is 28.0. The first-order valence-corrected chi connectivity index (χ1v) is 14.9. The van der Waals surface area contributed by atoms with Crippen molar-refractivity contribution in [2.75, 3.05) is 57.8 Å². The predicted molar refractivity (Wildman–Crippen MR) is 169 cm³/mol. The van der Waals surface area contributed by atoms with Crippen LogP contribution in [-0.4, -0.2) is 104 Å². The zero-order valence-corrected chi connectivity index (χ0v) is 24.7. The summed E-state index contributed by atoms with van der Waals surface area (Å²) in [5.41, 5.74) is 6.92. The number of aromatic nitrogens is 7. The number of hydrogen-bond donors (Lipinski definition) is 0. The van der Waals surface area contributed by atoms with Gasteiger partial charge in [-0.2, -0.15) is 0 Å². The summed E-state index contributed by atoms with van der Waals surface area (Å²) in [6.45, 7) is 7.85. The third-order valence-corrected chi connectivity index (χ3v) is 8.28. The van der Waals surface area contributed by atoms with E-state index in [0.717, 1.165) is 55.0 Å². The summed E-state index contributed by atoms with van der Waals surface area (Å²) in [5, 5.41) is 8.53. The van der Waals surface area contributed by atoms with Gasteiger partial charge in [-0.3, -0.25) is 4.90 Å². The van der Waals surface area contributed by atoms with E-state index >= 15 is 0 Å². The fourth-order valence-electron chi connectivity index (χ4n) is 5.69. The standard InChI is InChI=1S/C33H34N10O/c1-3-24-5-4-6-27(17-24)30-20-34-31-32(37-30)43(39-38-31)23-29-22-42(15-16-44-29)33-35-18-28(19-36-33)26-9-7-25(8-10-26)21-41-13-11-40(2)12-14-41/h1,4-10,17-20,29H,11-16,21-23H2,2H3. The molecule has 5 aromatic rings. The van der Waals surface area contributed by atoms with Crippen molar-refractivity contribution in [1.82, 2.24) is 44.7 Å². The topological polar surface area (TPSA) is 101 Å². The number of ether oxygens (including phenoxy) is 1. The number of benzene rings is 2. The molecule has 1 unspecified atom stereocenters. The van der Waals surface area contributed by atoms with Gasteiger partial charge in [0, 0.05) is 74.9 Å². The number of hydrogen-bond acceptors (Lipinski definition) is 10. The Morgan fingerprint density at radius 2 is 1.73 bits per heavy atom. The normalized spacial score (nSPS) is 18.0. The zero-order valence-electron chi connectivity index (χ0n) is 24.7. The number of piperazine rings is 1. The number of fused-ring (bicyclic) bond motifs is 1. The third-order valence-electron chi connectivity index (χ3n) is 8.28. The number of terminal acetylenes is 1. The Balaban J connectivity index is 1.00. The minimum absolute atomic E-state index is 0.139. The van der Waals surface area contributed by atoms with Crippen LogP contribution in [0.1, 0.15) is 11.1 Å². The molecule has 2 aliphatic rings. The quantitative estimate of drug-likeness (QED) is 0.265. The first-order valence-electron chi connectivity index (χ1n) is 14.9. The van der Waals surface area contributed by atoms with Crippen LogP contribution in [0.2, 0.25) is 0 Å². The Morgan fingerprint density at radius 3 is 2.52 bits per heavy atom. The van der Waals surface area contributed by atoms with Crippen LogP contribution in [0.5, 0.6) is 0 Å². The molecule has 0 spiro atoms. The third kappa shape index (κ3) is 6.14. The average Bonchev–Trinajstić information content (AvgIpc) is 3.48. The molecule has 11 heteroatoms. The molecule has 0 radical (unpaired) electrons. The summed E-state index contributed by atoms with van der Waals surface area (Å²) in [5.74, 6) is 3.35. The summed E-state index contributed by atoms with van der Waals surface area (Å²) < 4.78 is 7.85. The van der Waals surface area contributed by atoms with Crippen molar-refractivity contribution in [3.63, 3.8) is 0 Å². The SMILES string of the molecule is C#Cc1cccc(-c2cnc3nnn(CC4CN(c5ncc(-c6ccc(CN7CCN(C)CC7)cc6)cn5)CCO4)c3n2)c1. The molecular formula is C33H34N10O. The second-order valence-electron chi connectivity index (χ2n) is 11.4. The Bertz CT molecular complexity index is 1770. The van der Waals surface area contributed by atoms with E-state index in [1.807, 2.05) is 36.7 Å². The van der Waals surface area contributed by atoms with Crippen LogP contribution in [0.15, 0.2) is 67.1 Å². The molecule has 3 aromatic heterocycles. The van der Waals surface area contributed by atoms with Gasteiger partial charge in [0.2, 0.25) is 11.6 Å². The monoisotopic (exact) mass is 586 g/mol. The first-order chi connectivity index (χ1) is 21.6. The molecule has 2 aromatic carbocycles. The van der Waals surface area contributed by atoms with Gasteiger partial charge < -0.3 is 14.5 Å².